The highest BCUT2D eigenvalue weighted by Crippen LogP contribution is 2.37. The van der Waals surface area contributed by atoms with Gasteiger partial charge in [0.2, 0.25) is 0 Å². The minimum Gasteiger partial charge on any atom is -0.457 e. The first-order valence-electron chi connectivity index (χ1n) is 11.2. The fourth-order valence-corrected chi connectivity index (χ4v) is 5.63. The van der Waals surface area contributed by atoms with Gasteiger partial charge in [0.1, 0.15) is 24.1 Å². The van der Waals surface area contributed by atoms with Crippen molar-refractivity contribution in [3.63, 3.8) is 0 Å². The zero-order valence-electron chi connectivity index (χ0n) is 19.8. The molecule has 0 spiro atoms. The normalized spacial score (nSPS) is 12.1. The first-order valence-corrected chi connectivity index (χ1v) is 13.0. The average Bonchev–Trinajstić information content (AvgIpc) is 2.90. The Hall–Kier alpha value is -3.89. The van der Waals surface area contributed by atoms with E-state index in [9.17, 15) is 26.4 Å². The molecule has 196 valence electrons. The summed E-state index contributed by atoms with van der Waals surface area (Å²) in [5, 5.41) is 0.275. The van der Waals surface area contributed by atoms with E-state index in [1.54, 1.807) is 0 Å². The molecular formula is C27H20ClF3N2O4S. The summed E-state index contributed by atoms with van der Waals surface area (Å²) in [6, 6.07) is 12.7. The molecule has 0 saturated heterocycles. The molecule has 11 heteroatoms. The average molecular weight is 561 g/mol. The van der Waals surface area contributed by atoms with Crippen LogP contribution in [-0.2, 0) is 21.4 Å². The Labute approximate surface area is 222 Å². The van der Waals surface area contributed by atoms with Crippen LogP contribution in [0.2, 0.25) is 5.02 Å². The van der Waals surface area contributed by atoms with E-state index in [4.69, 9.17) is 16.3 Å². The van der Waals surface area contributed by atoms with Gasteiger partial charge >= 0.3 is 5.97 Å². The topological polar surface area (TPSA) is 76.6 Å². The molecule has 0 fully saturated rings. The highest BCUT2D eigenvalue weighted by atomic mass is 35.5. The summed E-state index contributed by atoms with van der Waals surface area (Å²) in [5.74, 6) is -3.24. The van der Waals surface area contributed by atoms with E-state index < -0.39 is 51.8 Å². The van der Waals surface area contributed by atoms with Gasteiger partial charge in [-0.3, -0.25) is 9.29 Å². The largest absolute Gasteiger partial charge is 0.457 e. The van der Waals surface area contributed by atoms with Crippen LogP contribution in [0.15, 0.2) is 90.1 Å². The van der Waals surface area contributed by atoms with Crippen molar-refractivity contribution in [2.45, 2.75) is 24.5 Å². The van der Waals surface area contributed by atoms with E-state index in [0.29, 0.717) is 4.31 Å². The third-order valence-corrected chi connectivity index (χ3v) is 7.85. The molecule has 0 amide bonds. The van der Waals surface area contributed by atoms with Crippen molar-refractivity contribution in [1.29, 1.82) is 0 Å². The molecule has 0 aliphatic heterocycles. The number of ether oxygens (including phenoxy) is 1. The number of halogens is 4. The summed E-state index contributed by atoms with van der Waals surface area (Å²) in [6.45, 7) is 1.01. The minimum atomic E-state index is -4.50. The molecular weight excluding hydrogens is 541 g/mol. The van der Waals surface area contributed by atoms with Crippen LogP contribution in [0.4, 0.5) is 18.9 Å². The Kier molecular flexibility index (Phi) is 8.03. The molecule has 0 aliphatic carbocycles. The number of pyridine rings is 1. The Morgan fingerprint density at radius 1 is 0.947 bits per heavy atom. The highest BCUT2D eigenvalue weighted by molar-refractivity contribution is 7.92. The lowest BCUT2D eigenvalue weighted by atomic mass is 10.0. The fourth-order valence-electron chi connectivity index (χ4n) is 3.87. The number of nitrogens with zero attached hydrogens (tertiary/aromatic N) is 2. The third-order valence-electron chi connectivity index (χ3n) is 5.70. The van der Waals surface area contributed by atoms with E-state index >= 15 is 0 Å². The Morgan fingerprint density at radius 3 is 2.26 bits per heavy atom. The van der Waals surface area contributed by atoms with Crippen LogP contribution < -0.4 is 4.31 Å². The maximum atomic E-state index is 15.0. The van der Waals surface area contributed by atoms with Crippen LogP contribution >= 0.6 is 11.6 Å². The number of benzene rings is 3. The van der Waals surface area contributed by atoms with Gasteiger partial charge < -0.3 is 4.74 Å². The molecule has 1 aromatic heterocycles. The van der Waals surface area contributed by atoms with Gasteiger partial charge in [-0.1, -0.05) is 17.7 Å². The molecule has 1 heterocycles. The maximum Gasteiger partial charge on any atom is 0.338 e. The molecule has 4 rings (SSSR count). The minimum absolute atomic E-state index is 0.132. The summed E-state index contributed by atoms with van der Waals surface area (Å²) in [4.78, 5) is 16.0. The SMILES string of the molecule is C[C@H](c1ccc(F)cc1COC(=O)c1ccncc1)N(c1cc(F)ccc1F)S(=O)(=O)c1ccc(Cl)cc1. The Bertz CT molecular complexity index is 1570. The van der Waals surface area contributed by atoms with Gasteiger partial charge in [0.15, 0.2) is 0 Å². The van der Waals surface area contributed by atoms with E-state index in [0.717, 1.165) is 30.3 Å². The predicted molar refractivity (Wildman–Crippen MR) is 136 cm³/mol. The van der Waals surface area contributed by atoms with Crippen molar-refractivity contribution in [3.8, 4) is 0 Å². The van der Waals surface area contributed by atoms with E-state index in [1.807, 2.05) is 0 Å². The number of rotatable bonds is 8. The number of anilines is 1. The molecule has 4 aromatic rings. The zero-order valence-corrected chi connectivity index (χ0v) is 21.4. The molecule has 0 radical (unpaired) electrons. The van der Waals surface area contributed by atoms with Crippen molar-refractivity contribution in [2.75, 3.05) is 4.31 Å². The van der Waals surface area contributed by atoms with Crippen LogP contribution in [0.1, 0.15) is 34.5 Å². The van der Waals surface area contributed by atoms with Crippen LogP contribution in [0.3, 0.4) is 0 Å². The molecule has 0 aliphatic rings. The molecule has 6 nitrogen and oxygen atoms in total. The first kappa shape index (κ1) is 27.2. The van der Waals surface area contributed by atoms with Gasteiger partial charge in [-0.25, -0.2) is 26.4 Å². The smallest absolute Gasteiger partial charge is 0.338 e. The lowest BCUT2D eigenvalue weighted by molar-refractivity contribution is 0.0471. The number of hydrogen-bond donors (Lipinski definition) is 0. The number of carbonyl (C=O) groups is 1. The number of sulfonamides is 1. The van der Waals surface area contributed by atoms with Gasteiger partial charge in [-0.2, -0.15) is 0 Å². The molecule has 1 atom stereocenters. The lowest BCUT2D eigenvalue weighted by Crippen LogP contribution is -2.35. The Morgan fingerprint density at radius 2 is 1.58 bits per heavy atom. The Balaban J connectivity index is 1.79. The second kappa shape index (κ2) is 11.2. The van der Waals surface area contributed by atoms with Crippen molar-refractivity contribution >= 4 is 33.3 Å². The number of aromatic nitrogens is 1. The fraction of sp³-hybridized carbons (Fsp3) is 0.111. The van der Waals surface area contributed by atoms with E-state index in [1.165, 1.54) is 61.8 Å². The molecule has 0 bridgehead atoms. The van der Waals surface area contributed by atoms with Gasteiger partial charge in [-0.15, -0.1) is 0 Å². The molecule has 0 N–H and O–H groups in total. The predicted octanol–water partition coefficient (Wildman–Crippen LogP) is 6.47. The van der Waals surface area contributed by atoms with Crippen LogP contribution in [0.5, 0.6) is 0 Å². The first-order chi connectivity index (χ1) is 18.1. The summed E-state index contributed by atoms with van der Waals surface area (Å²) < 4.78 is 77.0. The van der Waals surface area contributed by atoms with Crippen molar-refractivity contribution in [3.05, 3.63) is 124 Å². The monoisotopic (exact) mass is 560 g/mol. The quantitative estimate of drug-likeness (QED) is 0.231. The third kappa shape index (κ3) is 5.81. The number of esters is 1. The standard InChI is InChI=1S/C27H20ClF3N2O4S/c1-17(24-8-4-21(29)14-19(24)16-37-27(34)18-10-12-32-13-11-18)33(26-15-22(30)5-9-25(26)31)38(35,36)23-6-2-20(28)3-7-23/h2-15,17H,16H2,1H3/t17-/m1/s1. The number of hydrogen-bond acceptors (Lipinski definition) is 5. The van der Waals surface area contributed by atoms with Gasteiger partial charge in [0.25, 0.3) is 10.0 Å². The summed E-state index contributed by atoms with van der Waals surface area (Å²) in [6.07, 6.45) is 2.80. The summed E-state index contributed by atoms with van der Waals surface area (Å²) >= 11 is 5.90. The van der Waals surface area contributed by atoms with Gasteiger partial charge in [-0.05, 0) is 78.7 Å². The van der Waals surface area contributed by atoms with Gasteiger partial charge in [0.05, 0.1) is 22.2 Å². The van der Waals surface area contributed by atoms with Crippen molar-refractivity contribution < 1.29 is 31.1 Å². The van der Waals surface area contributed by atoms with Crippen LogP contribution in [-0.4, -0.2) is 19.4 Å². The molecule has 0 saturated carbocycles. The summed E-state index contributed by atoms with van der Waals surface area (Å²) in [7, 11) is -4.50. The molecule has 38 heavy (non-hydrogen) atoms. The number of carbonyl (C=O) groups excluding carboxylic acids is 1. The van der Waals surface area contributed by atoms with Crippen LogP contribution in [0.25, 0.3) is 0 Å². The van der Waals surface area contributed by atoms with Crippen LogP contribution in [0, 0.1) is 17.5 Å². The van der Waals surface area contributed by atoms with Crippen molar-refractivity contribution in [1.82, 2.24) is 4.98 Å². The van der Waals surface area contributed by atoms with E-state index in [-0.39, 0.29) is 26.6 Å². The van der Waals surface area contributed by atoms with E-state index in [2.05, 4.69) is 4.98 Å². The zero-order chi connectivity index (χ0) is 27.4. The maximum absolute atomic E-state index is 15.0. The molecule has 0 unspecified atom stereocenters. The summed E-state index contributed by atoms with van der Waals surface area (Å²) in [5.41, 5.74) is -0.0144. The van der Waals surface area contributed by atoms with Crippen molar-refractivity contribution in [2.24, 2.45) is 0 Å². The highest BCUT2D eigenvalue weighted by Gasteiger charge is 2.34. The second-order valence-corrected chi connectivity index (χ2v) is 10.4. The second-order valence-electron chi connectivity index (χ2n) is 8.18. The van der Waals surface area contributed by atoms with Gasteiger partial charge in [0, 0.05) is 23.5 Å². The lowest BCUT2D eigenvalue weighted by Gasteiger charge is -2.32. The molecule has 3 aromatic carbocycles.